The molecule has 6 nitrogen and oxygen atoms in total. The third-order valence-electron chi connectivity index (χ3n) is 2.27. The Labute approximate surface area is 111 Å². The summed E-state index contributed by atoms with van der Waals surface area (Å²) >= 11 is 1.20. The molecule has 0 atom stereocenters. The van der Waals surface area contributed by atoms with Gasteiger partial charge in [-0.2, -0.15) is 0 Å². The van der Waals surface area contributed by atoms with Crippen LogP contribution < -0.4 is 10.0 Å². The summed E-state index contributed by atoms with van der Waals surface area (Å²) in [5, 5.41) is 11.8. The third-order valence-corrected chi connectivity index (χ3v) is 3.24. The summed E-state index contributed by atoms with van der Waals surface area (Å²) in [7, 11) is 0. The molecule has 0 aromatic heterocycles. The Morgan fingerprint density at radius 1 is 1.39 bits per heavy atom. The fraction of sp³-hybridized carbons (Fsp3) is 0.818. The van der Waals surface area contributed by atoms with Crippen LogP contribution in [-0.4, -0.2) is 33.7 Å². The molecule has 0 aliphatic heterocycles. The van der Waals surface area contributed by atoms with E-state index in [1.807, 2.05) is 0 Å². The Morgan fingerprint density at radius 3 is 2.39 bits per heavy atom. The highest BCUT2D eigenvalue weighted by Gasteiger charge is 2.39. The minimum atomic E-state index is -0.777. The molecule has 1 saturated carbocycles. The number of hydrogen-bond donors (Lipinski definition) is 3. The van der Waals surface area contributed by atoms with Gasteiger partial charge in [0, 0.05) is 5.25 Å². The van der Waals surface area contributed by atoms with Crippen molar-refractivity contribution in [1.29, 1.82) is 0 Å². The van der Waals surface area contributed by atoms with Crippen LogP contribution in [0, 0.1) is 0 Å². The van der Waals surface area contributed by atoms with Crippen molar-refractivity contribution in [3.63, 3.8) is 0 Å². The molecule has 1 rings (SSSR count). The molecule has 1 aliphatic rings. The zero-order valence-corrected chi connectivity index (χ0v) is 11.9. The van der Waals surface area contributed by atoms with E-state index in [2.05, 4.69) is 10.0 Å². The first-order valence-corrected chi connectivity index (χ1v) is 6.63. The van der Waals surface area contributed by atoms with Gasteiger partial charge in [0.1, 0.15) is 5.60 Å². The minimum Gasteiger partial charge on any atom is -0.443 e. The van der Waals surface area contributed by atoms with Gasteiger partial charge in [-0.25, -0.2) is 14.9 Å². The van der Waals surface area contributed by atoms with Crippen molar-refractivity contribution in [3.8, 4) is 0 Å². The maximum absolute atomic E-state index is 11.3. The average molecular weight is 276 g/mol. The number of alkyl carbamates (subject to hydrolysis) is 1. The monoisotopic (exact) mass is 276 g/mol. The first-order valence-electron chi connectivity index (χ1n) is 5.75. The van der Waals surface area contributed by atoms with Gasteiger partial charge in [0.25, 0.3) is 0 Å². The van der Waals surface area contributed by atoms with Crippen molar-refractivity contribution in [2.75, 3.05) is 0 Å². The third kappa shape index (κ3) is 5.59. The first kappa shape index (κ1) is 15.1. The van der Waals surface area contributed by atoms with Crippen molar-refractivity contribution in [2.45, 2.75) is 57.0 Å². The lowest BCUT2D eigenvalue weighted by Gasteiger charge is -2.39. The van der Waals surface area contributed by atoms with E-state index in [9.17, 15) is 14.7 Å². The highest BCUT2D eigenvalue weighted by Crippen LogP contribution is 2.38. The topological polar surface area (TPSA) is 87.7 Å². The molecule has 104 valence electrons. The van der Waals surface area contributed by atoms with E-state index in [1.54, 1.807) is 27.7 Å². The molecule has 7 heteroatoms. The molecule has 1 fully saturated rings. The molecule has 0 spiro atoms. The number of carbonyl (C=O) groups is 2. The fourth-order valence-corrected chi connectivity index (χ4v) is 2.77. The van der Waals surface area contributed by atoms with Crippen molar-refractivity contribution < 1.29 is 19.4 Å². The van der Waals surface area contributed by atoms with Crippen molar-refractivity contribution in [2.24, 2.45) is 0 Å². The second-order valence-electron chi connectivity index (χ2n) is 5.70. The van der Waals surface area contributed by atoms with E-state index in [0.29, 0.717) is 12.8 Å². The van der Waals surface area contributed by atoms with Crippen LogP contribution >= 0.6 is 11.9 Å². The van der Waals surface area contributed by atoms with E-state index >= 15 is 0 Å². The summed E-state index contributed by atoms with van der Waals surface area (Å²) in [6.07, 6.45) is 0.482. The number of aliphatic hydroxyl groups is 1. The molecule has 0 aromatic rings. The summed E-state index contributed by atoms with van der Waals surface area (Å²) in [4.78, 5) is 22.6. The Morgan fingerprint density at radius 2 is 1.94 bits per heavy atom. The van der Waals surface area contributed by atoms with Crippen LogP contribution in [0.2, 0.25) is 0 Å². The van der Waals surface area contributed by atoms with Gasteiger partial charge in [-0.1, -0.05) is 0 Å². The number of rotatable bonds is 2. The zero-order chi connectivity index (χ0) is 14.0. The Balaban J connectivity index is 2.17. The predicted octanol–water partition coefficient (Wildman–Crippen LogP) is 1.78. The number of hydrogen-bond acceptors (Lipinski definition) is 5. The van der Waals surface area contributed by atoms with Crippen LogP contribution in [0.4, 0.5) is 9.59 Å². The Kier molecular flexibility index (Phi) is 4.50. The highest BCUT2D eigenvalue weighted by atomic mass is 32.2. The molecule has 0 unspecified atom stereocenters. The van der Waals surface area contributed by atoms with Crippen LogP contribution in [0.15, 0.2) is 0 Å². The van der Waals surface area contributed by atoms with Crippen LogP contribution in [0.25, 0.3) is 0 Å². The second kappa shape index (κ2) is 5.36. The standard InChI is InChI=1S/C11H20N2O4S/c1-10(2,3)17-9(15)12-8(14)13-18-7-5-11(4,16)6-7/h7,16H,5-6H2,1-4H3,(H2,12,13,14,15). The number of nitrogens with one attached hydrogen (secondary N) is 2. The van der Waals surface area contributed by atoms with Gasteiger partial charge in [-0.15, -0.1) is 0 Å². The zero-order valence-electron chi connectivity index (χ0n) is 11.1. The lowest BCUT2D eigenvalue weighted by atomic mass is 9.82. The highest BCUT2D eigenvalue weighted by molar-refractivity contribution is 7.98. The second-order valence-corrected chi connectivity index (χ2v) is 6.81. The van der Waals surface area contributed by atoms with E-state index in [-0.39, 0.29) is 5.25 Å². The van der Waals surface area contributed by atoms with Crippen LogP contribution in [0.5, 0.6) is 0 Å². The molecule has 0 bridgehead atoms. The molecule has 3 N–H and O–H groups in total. The Hall–Kier alpha value is -0.950. The van der Waals surface area contributed by atoms with Crippen molar-refractivity contribution in [1.82, 2.24) is 10.0 Å². The van der Waals surface area contributed by atoms with E-state index in [4.69, 9.17) is 4.74 Å². The van der Waals surface area contributed by atoms with Crippen molar-refractivity contribution >= 4 is 24.1 Å². The smallest absolute Gasteiger partial charge is 0.415 e. The summed E-state index contributed by atoms with van der Waals surface area (Å²) in [5.41, 5.74) is -1.26. The maximum Gasteiger partial charge on any atom is 0.415 e. The van der Waals surface area contributed by atoms with Crippen LogP contribution in [-0.2, 0) is 4.74 Å². The molecular weight excluding hydrogens is 256 g/mol. The van der Waals surface area contributed by atoms with Gasteiger partial charge in [-0.05, 0) is 52.5 Å². The normalized spacial score (nSPS) is 27.1. The summed E-state index contributed by atoms with van der Waals surface area (Å²) < 4.78 is 7.42. The maximum atomic E-state index is 11.3. The van der Waals surface area contributed by atoms with Crippen LogP contribution in [0.3, 0.4) is 0 Å². The van der Waals surface area contributed by atoms with E-state index in [1.165, 1.54) is 11.9 Å². The molecule has 1 aliphatic carbocycles. The van der Waals surface area contributed by atoms with Crippen LogP contribution in [0.1, 0.15) is 40.5 Å². The first-order chi connectivity index (χ1) is 8.07. The molecule has 3 amide bonds. The molecule has 0 heterocycles. The van der Waals surface area contributed by atoms with Crippen molar-refractivity contribution in [3.05, 3.63) is 0 Å². The molecule has 0 saturated heterocycles. The summed E-state index contributed by atoms with van der Waals surface area (Å²) in [5.74, 6) is 0. The Bertz CT molecular complexity index is 330. The lowest BCUT2D eigenvalue weighted by Crippen LogP contribution is -2.46. The van der Waals surface area contributed by atoms with Gasteiger partial charge >= 0.3 is 12.1 Å². The predicted molar refractivity (Wildman–Crippen MR) is 69.1 cm³/mol. The van der Waals surface area contributed by atoms with Gasteiger partial charge in [0.15, 0.2) is 0 Å². The fourth-order valence-electron chi connectivity index (χ4n) is 1.56. The number of ether oxygens (including phenoxy) is 1. The lowest BCUT2D eigenvalue weighted by molar-refractivity contribution is -0.00958. The number of amides is 3. The molecule has 0 radical (unpaired) electrons. The molecule has 0 aromatic carbocycles. The largest absolute Gasteiger partial charge is 0.443 e. The number of carbonyl (C=O) groups excluding carboxylic acids is 2. The number of imide groups is 1. The van der Waals surface area contributed by atoms with E-state index in [0.717, 1.165) is 0 Å². The minimum absolute atomic E-state index is 0.185. The van der Waals surface area contributed by atoms with Gasteiger partial charge in [0.2, 0.25) is 0 Å². The molecular formula is C11H20N2O4S. The van der Waals surface area contributed by atoms with E-state index < -0.39 is 23.3 Å². The quantitative estimate of drug-likeness (QED) is 0.669. The number of urea groups is 1. The average Bonchev–Trinajstić information content (AvgIpc) is 2.07. The van der Waals surface area contributed by atoms with Gasteiger partial charge in [0.05, 0.1) is 5.60 Å². The summed E-state index contributed by atoms with van der Waals surface area (Å²) in [6.45, 7) is 6.91. The van der Waals surface area contributed by atoms with Gasteiger partial charge < -0.3 is 9.84 Å². The molecule has 18 heavy (non-hydrogen) atoms. The summed E-state index contributed by atoms with van der Waals surface area (Å²) in [6, 6.07) is -0.610. The SMILES string of the molecule is CC1(O)CC(SNC(=O)NC(=O)OC(C)(C)C)C1. The van der Waals surface area contributed by atoms with Gasteiger partial charge in [-0.3, -0.25) is 4.72 Å².